The summed E-state index contributed by atoms with van der Waals surface area (Å²) in [4.78, 5) is 27.1. The Bertz CT molecular complexity index is 639. The zero-order chi connectivity index (χ0) is 13.4. The van der Waals surface area contributed by atoms with Crippen LogP contribution in [0.1, 0.15) is 40.4 Å². The van der Waals surface area contributed by atoms with Crippen LogP contribution in [-0.2, 0) is 7.05 Å². The molecule has 4 nitrogen and oxygen atoms in total. The van der Waals surface area contributed by atoms with Crippen molar-refractivity contribution < 1.29 is 9.59 Å². The lowest BCUT2D eigenvalue weighted by atomic mass is 9.96. The van der Waals surface area contributed by atoms with Crippen LogP contribution < -0.4 is 0 Å². The Hall–Kier alpha value is -1.97. The fourth-order valence-corrected chi connectivity index (χ4v) is 2.04. The van der Waals surface area contributed by atoms with E-state index >= 15 is 0 Å². The number of hydrogen-bond donors (Lipinski definition) is 0. The minimum absolute atomic E-state index is 0.0459. The first kappa shape index (κ1) is 12.5. The van der Waals surface area contributed by atoms with Gasteiger partial charge < -0.3 is 4.57 Å². The van der Waals surface area contributed by atoms with Gasteiger partial charge in [-0.3, -0.25) is 9.59 Å². The van der Waals surface area contributed by atoms with E-state index in [2.05, 4.69) is 4.98 Å². The maximum atomic E-state index is 12.1. The number of carbonyl (C=O) groups excluding carboxylic acids is 2. The molecular weight excluding hydrogens is 228 g/mol. The normalized spacial score (nSPS) is 11.2. The van der Waals surface area contributed by atoms with Crippen molar-refractivity contribution in [3.8, 4) is 0 Å². The van der Waals surface area contributed by atoms with Gasteiger partial charge in [0.15, 0.2) is 17.9 Å². The molecule has 0 aliphatic heterocycles. The molecule has 0 spiro atoms. The van der Waals surface area contributed by atoms with Crippen LogP contribution in [0, 0.1) is 12.8 Å². The molecule has 1 heterocycles. The highest BCUT2D eigenvalue weighted by Crippen LogP contribution is 2.22. The average Bonchev–Trinajstić information content (AvgIpc) is 2.64. The number of hydrogen-bond acceptors (Lipinski definition) is 3. The van der Waals surface area contributed by atoms with Crippen LogP contribution in [0.5, 0.6) is 0 Å². The Balaban J connectivity index is 2.69. The summed E-state index contributed by atoms with van der Waals surface area (Å²) < 4.78 is 1.74. The maximum absolute atomic E-state index is 12.1. The van der Waals surface area contributed by atoms with Gasteiger partial charge >= 0.3 is 0 Å². The molecule has 0 atom stereocenters. The van der Waals surface area contributed by atoms with Crippen molar-refractivity contribution in [2.75, 3.05) is 0 Å². The van der Waals surface area contributed by atoms with Gasteiger partial charge in [-0.25, -0.2) is 4.98 Å². The van der Waals surface area contributed by atoms with Gasteiger partial charge in [0, 0.05) is 18.5 Å². The van der Waals surface area contributed by atoms with E-state index in [0.29, 0.717) is 16.9 Å². The molecule has 18 heavy (non-hydrogen) atoms. The third kappa shape index (κ3) is 1.83. The van der Waals surface area contributed by atoms with E-state index in [-0.39, 0.29) is 11.7 Å². The second-order valence-corrected chi connectivity index (χ2v) is 4.82. The highest BCUT2D eigenvalue weighted by molar-refractivity contribution is 6.01. The zero-order valence-corrected chi connectivity index (χ0v) is 11.0. The van der Waals surface area contributed by atoms with Crippen molar-refractivity contribution in [2.45, 2.75) is 20.8 Å². The first-order valence-electron chi connectivity index (χ1n) is 5.92. The number of imidazole rings is 1. The fourth-order valence-electron chi connectivity index (χ4n) is 2.04. The Morgan fingerprint density at radius 1 is 1.39 bits per heavy atom. The van der Waals surface area contributed by atoms with Crippen LogP contribution in [0.3, 0.4) is 0 Å². The number of carbonyl (C=O) groups is 2. The summed E-state index contributed by atoms with van der Waals surface area (Å²) >= 11 is 0. The monoisotopic (exact) mass is 244 g/mol. The lowest BCUT2D eigenvalue weighted by Crippen LogP contribution is -2.09. The van der Waals surface area contributed by atoms with Crippen molar-refractivity contribution in [1.29, 1.82) is 0 Å². The first-order valence-corrected chi connectivity index (χ1v) is 5.92. The molecule has 0 fully saturated rings. The molecule has 0 N–H and O–H groups in total. The van der Waals surface area contributed by atoms with Gasteiger partial charge in [-0.1, -0.05) is 13.8 Å². The number of Topliss-reactive ketones (excluding diaryl/α,β-unsaturated/α-hetero) is 1. The lowest BCUT2D eigenvalue weighted by molar-refractivity contribution is 0.0938. The second-order valence-electron chi connectivity index (χ2n) is 4.82. The molecule has 2 rings (SSSR count). The molecule has 1 aromatic heterocycles. The molecule has 4 heteroatoms. The van der Waals surface area contributed by atoms with Crippen LogP contribution in [0.15, 0.2) is 12.1 Å². The molecule has 0 saturated carbocycles. The number of benzene rings is 1. The summed E-state index contributed by atoms with van der Waals surface area (Å²) in [6.07, 6.45) is 0.722. The largest absolute Gasteiger partial charge is 0.325 e. The van der Waals surface area contributed by atoms with Crippen molar-refractivity contribution in [3.63, 3.8) is 0 Å². The van der Waals surface area contributed by atoms with Gasteiger partial charge in [-0.2, -0.15) is 0 Å². The van der Waals surface area contributed by atoms with Crippen molar-refractivity contribution >= 4 is 23.1 Å². The minimum atomic E-state index is -0.0459. The lowest BCUT2D eigenvalue weighted by Gasteiger charge is -2.08. The average molecular weight is 244 g/mol. The summed E-state index contributed by atoms with van der Waals surface area (Å²) in [6, 6.07) is 3.69. The summed E-state index contributed by atoms with van der Waals surface area (Å²) in [5.74, 6) is 0.432. The van der Waals surface area contributed by atoms with Crippen molar-refractivity contribution in [3.05, 3.63) is 29.1 Å². The predicted octanol–water partition coefficient (Wildman–Crippen LogP) is 2.53. The SMILES string of the molecule is Cc1cc2c(cc1C(=O)C(C)C)nc(C=O)n2C. The van der Waals surface area contributed by atoms with E-state index in [4.69, 9.17) is 0 Å². The topological polar surface area (TPSA) is 52.0 Å². The van der Waals surface area contributed by atoms with E-state index in [1.807, 2.05) is 26.8 Å². The summed E-state index contributed by atoms with van der Waals surface area (Å²) in [5, 5.41) is 0. The van der Waals surface area contributed by atoms with Crippen LogP contribution in [-0.4, -0.2) is 21.6 Å². The first-order chi connectivity index (χ1) is 8.45. The number of aryl methyl sites for hydroxylation is 2. The van der Waals surface area contributed by atoms with Crippen LogP contribution in [0.4, 0.5) is 0 Å². The molecule has 0 unspecified atom stereocenters. The van der Waals surface area contributed by atoms with Crippen molar-refractivity contribution in [2.24, 2.45) is 13.0 Å². The summed E-state index contributed by atoms with van der Waals surface area (Å²) in [5.41, 5.74) is 3.17. The smallest absolute Gasteiger partial charge is 0.185 e. The molecule has 0 saturated heterocycles. The van der Waals surface area contributed by atoms with Gasteiger partial charge in [0.05, 0.1) is 11.0 Å². The maximum Gasteiger partial charge on any atom is 0.185 e. The minimum Gasteiger partial charge on any atom is -0.325 e. The Morgan fingerprint density at radius 2 is 2.06 bits per heavy atom. The highest BCUT2D eigenvalue weighted by atomic mass is 16.1. The fraction of sp³-hybridized carbons (Fsp3) is 0.357. The Kier molecular flexibility index (Phi) is 3.03. The number of ketones is 1. The van der Waals surface area contributed by atoms with Crippen LogP contribution in [0.25, 0.3) is 11.0 Å². The number of rotatable bonds is 3. The third-order valence-corrected chi connectivity index (χ3v) is 3.16. The number of aldehydes is 1. The summed E-state index contributed by atoms with van der Waals surface area (Å²) in [6.45, 7) is 5.66. The molecule has 0 aliphatic carbocycles. The second kappa shape index (κ2) is 4.37. The van der Waals surface area contributed by atoms with Gasteiger partial charge in [0.2, 0.25) is 0 Å². The van der Waals surface area contributed by atoms with E-state index in [9.17, 15) is 9.59 Å². The molecule has 0 amide bonds. The zero-order valence-electron chi connectivity index (χ0n) is 11.0. The Labute approximate surface area is 106 Å². The summed E-state index contributed by atoms with van der Waals surface area (Å²) in [7, 11) is 1.79. The molecule has 2 aromatic rings. The van der Waals surface area contributed by atoms with E-state index in [1.54, 1.807) is 17.7 Å². The van der Waals surface area contributed by atoms with Crippen LogP contribution in [0.2, 0.25) is 0 Å². The van der Waals surface area contributed by atoms with Gasteiger partial charge in [-0.15, -0.1) is 0 Å². The van der Waals surface area contributed by atoms with Gasteiger partial charge in [-0.05, 0) is 24.6 Å². The molecule has 0 radical (unpaired) electrons. The van der Waals surface area contributed by atoms with Gasteiger partial charge in [0.1, 0.15) is 0 Å². The van der Waals surface area contributed by atoms with E-state index < -0.39 is 0 Å². The number of nitrogens with zero attached hydrogens (tertiary/aromatic N) is 2. The number of fused-ring (bicyclic) bond motifs is 1. The van der Waals surface area contributed by atoms with Gasteiger partial charge in [0.25, 0.3) is 0 Å². The van der Waals surface area contributed by atoms with E-state index in [0.717, 1.165) is 17.4 Å². The quantitative estimate of drug-likeness (QED) is 0.616. The van der Waals surface area contributed by atoms with E-state index in [1.165, 1.54) is 0 Å². The third-order valence-electron chi connectivity index (χ3n) is 3.16. The molecule has 0 aliphatic rings. The molecular formula is C14H16N2O2. The van der Waals surface area contributed by atoms with Crippen LogP contribution >= 0.6 is 0 Å². The molecule has 94 valence electrons. The standard InChI is InChI=1S/C14H16N2O2/c1-8(2)14(18)10-6-11-12(5-9(10)3)16(4)13(7-17)15-11/h5-8H,1-4H3. The molecule has 0 bridgehead atoms. The molecule has 1 aromatic carbocycles. The highest BCUT2D eigenvalue weighted by Gasteiger charge is 2.16. The van der Waals surface area contributed by atoms with Crippen molar-refractivity contribution in [1.82, 2.24) is 9.55 Å². The predicted molar refractivity (Wildman–Crippen MR) is 70.0 cm³/mol. The Morgan fingerprint density at radius 3 is 2.61 bits per heavy atom. The number of aromatic nitrogens is 2.